The van der Waals surface area contributed by atoms with Crippen LogP contribution in [0.15, 0.2) is 12.2 Å². The van der Waals surface area contributed by atoms with E-state index in [1.807, 2.05) is 0 Å². The maximum atomic E-state index is 13.4. The second-order valence-electron chi connectivity index (χ2n) is 12.9. The van der Waals surface area contributed by atoms with E-state index in [9.17, 15) is 9.59 Å². The predicted octanol–water partition coefficient (Wildman–Crippen LogP) is 7.30. The second kappa shape index (κ2) is 17.7. The standard InChI is InChI=1S/C34H56O7/c1-3-12-25-17-18-26(23-25)30(40-33-15-8-10-21-38-33)20-19-28-27(13-6-4-5-7-14-32(36)37-2)29(35)24-31(28)41-34-16-9-11-22-39-34/h19-20,25-28,30-31,33-34H,3-18,21-24H2,1-2H3/t25?,26?,27-,28-,30-,31-,33?,34?/m1/s1. The third-order valence-electron chi connectivity index (χ3n) is 9.76. The largest absolute Gasteiger partial charge is 0.469 e. The maximum absolute atomic E-state index is 13.4. The Labute approximate surface area is 248 Å². The van der Waals surface area contributed by atoms with Gasteiger partial charge in [-0.25, -0.2) is 0 Å². The van der Waals surface area contributed by atoms with E-state index in [0.717, 1.165) is 89.8 Å². The second-order valence-corrected chi connectivity index (χ2v) is 12.9. The zero-order valence-corrected chi connectivity index (χ0v) is 25.8. The molecule has 4 aliphatic rings. The molecule has 8 atom stereocenters. The Morgan fingerprint density at radius 1 is 0.951 bits per heavy atom. The molecule has 4 rings (SSSR count). The highest BCUT2D eigenvalue weighted by Crippen LogP contribution is 2.41. The molecule has 2 saturated carbocycles. The SMILES string of the molecule is CCCC1CCC([C@@H](C=C[C@H]2[C@H](OC3CCCCO3)CC(=O)[C@@H]2CCCCCCC(=O)OC)OC2CCCCO2)C1. The summed E-state index contributed by atoms with van der Waals surface area (Å²) in [5, 5.41) is 0. The number of hydrogen-bond acceptors (Lipinski definition) is 7. The average molecular weight is 577 g/mol. The number of unbranched alkanes of at least 4 members (excludes halogenated alkanes) is 3. The Bertz CT molecular complexity index is 801. The molecule has 0 spiro atoms. The van der Waals surface area contributed by atoms with Crippen molar-refractivity contribution in [3.63, 3.8) is 0 Å². The lowest BCUT2D eigenvalue weighted by Gasteiger charge is -2.31. The Balaban J connectivity index is 1.42. The summed E-state index contributed by atoms with van der Waals surface area (Å²) in [4.78, 5) is 24.8. The number of rotatable bonds is 16. The number of esters is 1. The van der Waals surface area contributed by atoms with Gasteiger partial charge in [0.05, 0.1) is 19.3 Å². The van der Waals surface area contributed by atoms with Crippen LogP contribution in [0.1, 0.15) is 122 Å². The maximum Gasteiger partial charge on any atom is 0.305 e. The fraction of sp³-hybridized carbons (Fsp3) is 0.882. The third-order valence-corrected chi connectivity index (χ3v) is 9.76. The molecule has 7 nitrogen and oxygen atoms in total. The predicted molar refractivity (Wildman–Crippen MR) is 158 cm³/mol. The zero-order valence-electron chi connectivity index (χ0n) is 25.8. The van der Waals surface area contributed by atoms with E-state index in [4.69, 9.17) is 23.7 Å². The zero-order chi connectivity index (χ0) is 28.9. The lowest BCUT2D eigenvalue weighted by molar-refractivity contribution is -0.193. The van der Waals surface area contributed by atoms with E-state index in [2.05, 4.69) is 19.1 Å². The van der Waals surface area contributed by atoms with Gasteiger partial charge in [-0.15, -0.1) is 0 Å². The van der Waals surface area contributed by atoms with Crippen LogP contribution in [0.4, 0.5) is 0 Å². The van der Waals surface area contributed by atoms with Gasteiger partial charge in [0.2, 0.25) is 0 Å². The van der Waals surface area contributed by atoms with Gasteiger partial charge in [-0.2, -0.15) is 0 Å². The number of Topliss-reactive ketones (excluding diaryl/α,β-unsaturated/α-hetero) is 1. The van der Waals surface area contributed by atoms with E-state index < -0.39 is 0 Å². The van der Waals surface area contributed by atoms with Crippen LogP contribution < -0.4 is 0 Å². The van der Waals surface area contributed by atoms with E-state index in [-0.39, 0.29) is 42.6 Å². The quantitative estimate of drug-likeness (QED) is 0.108. The fourth-order valence-corrected chi connectivity index (χ4v) is 7.44. The number of carbonyl (C=O) groups excluding carboxylic acids is 2. The molecule has 234 valence electrons. The summed E-state index contributed by atoms with van der Waals surface area (Å²) in [6.45, 7) is 3.79. The summed E-state index contributed by atoms with van der Waals surface area (Å²) in [6, 6.07) is 0. The van der Waals surface area contributed by atoms with Crippen LogP contribution in [0.5, 0.6) is 0 Å². The summed E-state index contributed by atoms with van der Waals surface area (Å²) in [5.74, 6) is 1.45. The Morgan fingerprint density at radius 3 is 2.41 bits per heavy atom. The van der Waals surface area contributed by atoms with Crippen molar-refractivity contribution in [2.75, 3.05) is 20.3 Å². The van der Waals surface area contributed by atoms with E-state index in [1.54, 1.807) is 0 Å². The minimum Gasteiger partial charge on any atom is -0.469 e. The molecule has 0 aromatic rings. The van der Waals surface area contributed by atoms with Crippen LogP contribution in [0.25, 0.3) is 0 Å². The molecule has 0 aromatic heterocycles. The molecule has 2 aliphatic carbocycles. The first-order chi connectivity index (χ1) is 20.1. The van der Waals surface area contributed by atoms with Crippen molar-refractivity contribution in [1.82, 2.24) is 0 Å². The lowest BCUT2D eigenvalue weighted by atomic mass is 9.87. The van der Waals surface area contributed by atoms with Crippen LogP contribution in [0.2, 0.25) is 0 Å². The molecule has 0 aromatic carbocycles. The summed E-state index contributed by atoms with van der Waals surface area (Å²) < 4.78 is 29.8. The van der Waals surface area contributed by atoms with E-state index in [0.29, 0.717) is 24.5 Å². The number of ketones is 1. The summed E-state index contributed by atoms with van der Waals surface area (Å²) in [5.41, 5.74) is 0. The van der Waals surface area contributed by atoms with Gasteiger partial charge in [-0.05, 0) is 76.0 Å². The summed E-state index contributed by atoms with van der Waals surface area (Å²) >= 11 is 0. The van der Waals surface area contributed by atoms with Crippen molar-refractivity contribution in [3.05, 3.63) is 12.2 Å². The molecule has 0 N–H and O–H groups in total. The minimum absolute atomic E-state index is 0.0150. The highest BCUT2D eigenvalue weighted by atomic mass is 16.7. The van der Waals surface area contributed by atoms with Crippen molar-refractivity contribution in [1.29, 1.82) is 0 Å². The van der Waals surface area contributed by atoms with Gasteiger partial charge in [0, 0.05) is 37.9 Å². The van der Waals surface area contributed by atoms with Gasteiger partial charge in [0.15, 0.2) is 12.6 Å². The molecule has 2 saturated heterocycles. The summed E-state index contributed by atoms with van der Waals surface area (Å²) in [6.07, 6.45) is 22.2. The molecule has 7 heteroatoms. The van der Waals surface area contributed by atoms with Crippen molar-refractivity contribution in [3.8, 4) is 0 Å². The molecule has 4 fully saturated rings. The van der Waals surface area contributed by atoms with Crippen LogP contribution >= 0.6 is 0 Å². The minimum atomic E-state index is -0.207. The van der Waals surface area contributed by atoms with Crippen molar-refractivity contribution < 1.29 is 33.3 Å². The molecule has 0 bridgehead atoms. The van der Waals surface area contributed by atoms with Gasteiger partial charge >= 0.3 is 5.97 Å². The highest BCUT2D eigenvalue weighted by molar-refractivity contribution is 5.84. The van der Waals surface area contributed by atoms with Gasteiger partial charge in [0.25, 0.3) is 0 Å². The monoisotopic (exact) mass is 576 g/mol. The van der Waals surface area contributed by atoms with E-state index in [1.165, 1.54) is 39.2 Å². The Morgan fingerprint density at radius 2 is 1.71 bits per heavy atom. The van der Waals surface area contributed by atoms with Gasteiger partial charge in [0.1, 0.15) is 5.78 Å². The van der Waals surface area contributed by atoms with Crippen LogP contribution in [0.3, 0.4) is 0 Å². The van der Waals surface area contributed by atoms with Crippen molar-refractivity contribution >= 4 is 11.8 Å². The first kappa shape index (κ1) is 32.6. The number of methoxy groups -OCH3 is 1. The summed E-state index contributed by atoms with van der Waals surface area (Å²) in [7, 11) is 1.44. The van der Waals surface area contributed by atoms with Gasteiger partial charge in [-0.3, -0.25) is 9.59 Å². The molecule has 4 unspecified atom stereocenters. The third kappa shape index (κ3) is 10.4. The fourth-order valence-electron chi connectivity index (χ4n) is 7.44. The molecule has 0 amide bonds. The molecular weight excluding hydrogens is 520 g/mol. The first-order valence-corrected chi connectivity index (χ1v) is 16.9. The Kier molecular flexibility index (Phi) is 14.1. The molecule has 0 radical (unpaired) electrons. The Hall–Kier alpha value is -1.28. The van der Waals surface area contributed by atoms with Crippen molar-refractivity contribution in [2.24, 2.45) is 23.7 Å². The van der Waals surface area contributed by atoms with Crippen molar-refractivity contribution in [2.45, 2.75) is 147 Å². The molecule has 41 heavy (non-hydrogen) atoms. The van der Waals surface area contributed by atoms with Crippen LogP contribution in [0, 0.1) is 23.7 Å². The lowest BCUT2D eigenvalue weighted by Crippen LogP contribution is -2.32. The highest BCUT2D eigenvalue weighted by Gasteiger charge is 2.43. The number of hydrogen-bond donors (Lipinski definition) is 0. The molecule has 2 heterocycles. The first-order valence-electron chi connectivity index (χ1n) is 16.9. The van der Waals surface area contributed by atoms with E-state index >= 15 is 0 Å². The van der Waals surface area contributed by atoms with Crippen LogP contribution in [-0.4, -0.2) is 56.9 Å². The topological polar surface area (TPSA) is 80.3 Å². The molecular formula is C34H56O7. The molecule has 2 aliphatic heterocycles. The van der Waals surface area contributed by atoms with Gasteiger partial charge in [-0.1, -0.05) is 57.6 Å². The normalized spacial score (nSPS) is 33.4. The smallest absolute Gasteiger partial charge is 0.305 e. The van der Waals surface area contributed by atoms with Gasteiger partial charge < -0.3 is 23.7 Å². The number of ether oxygens (including phenoxy) is 5. The number of carbonyl (C=O) groups is 2. The average Bonchev–Trinajstić information content (AvgIpc) is 3.57. The van der Waals surface area contributed by atoms with Crippen LogP contribution in [-0.2, 0) is 33.3 Å².